The van der Waals surface area contributed by atoms with Gasteiger partial charge in [0.15, 0.2) is 0 Å². The summed E-state index contributed by atoms with van der Waals surface area (Å²) >= 11 is 0. The van der Waals surface area contributed by atoms with E-state index in [1.54, 1.807) is 25.1 Å². The zero-order valence-corrected chi connectivity index (χ0v) is 9.92. The molecule has 1 aromatic carbocycles. The molecule has 0 amide bonds. The molecule has 0 saturated heterocycles. The Morgan fingerprint density at radius 2 is 2.06 bits per heavy atom. The number of hydrogen-bond donors (Lipinski definition) is 1. The van der Waals surface area contributed by atoms with E-state index in [1.165, 1.54) is 10.8 Å². The lowest BCUT2D eigenvalue weighted by Crippen LogP contribution is -2.12. The Hall–Kier alpha value is -2.30. The minimum atomic E-state index is -0.929. The second-order valence-electron chi connectivity index (χ2n) is 3.81. The summed E-state index contributed by atoms with van der Waals surface area (Å²) < 4.78 is 6.28. The van der Waals surface area contributed by atoms with Crippen molar-refractivity contribution in [3.63, 3.8) is 0 Å². The van der Waals surface area contributed by atoms with Gasteiger partial charge >= 0.3 is 12.1 Å². The quantitative estimate of drug-likeness (QED) is 0.903. The van der Waals surface area contributed by atoms with Gasteiger partial charge in [0.25, 0.3) is 0 Å². The summed E-state index contributed by atoms with van der Waals surface area (Å²) in [4.78, 5) is 22.5. The Labute approximate surface area is 104 Å². The molecule has 94 valence electrons. The second-order valence-corrected chi connectivity index (χ2v) is 3.81. The van der Waals surface area contributed by atoms with Crippen LogP contribution in [0.25, 0.3) is 10.9 Å². The number of carboxylic acid groups (broad SMARTS) is 1. The fraction of sp³-hybridized carbons (Fsp3) is 0.231. The van der Waals surface area contributed by atoms with Crippen molar-refractivity contribution in [1.82, 2.24) is 4.57 Å². The molecule has 2 aromatic rings. The van der Waals surface area contributed by atoms with Crippen LogP contribution in [0.2, 0.25) is 0 Å². The maximum atomic E-state index is 11.8. The lowest BCUT2D eigenvalue weighted by Gasteiger charge is -2.03. The molecule has 0 unspecified atom stereocenters. The Morgan fingerprint density at radius 3 is 2.72 bits per heavy atom. The largest absolute Gasteiger partial charge is 0.481 e. The van der Waals surface area contributed by atoms with Crippen LogP contribution >= 0.6 is 0 Å². The van der Waals surface area contributed by atoms with Crippen molar-refractivity contribution in [2.24, 2.45) is 0 Å². The van der Waals surface area contributed by atoms with Gasteiger partial charge in [0.05, 0.1) is 18.5 Å². The highest BCUT2D eigenvalue weighted by Crippen LogP contribution is 2.22. The van der Waals surface area contributed by atoms with Gasteiger partial charge in [0.1, 0.15) is 0 Å². The van der Waals surface area contributed by atoms with Crippen molar-refractivity contribution in [2.45, 2.75) is 13.3 Å². The van der Waals surface area contributed by atoms with E-state index >= 15 is 0 Å². The number of carboxylic acids is 1. The molecule has 0 aliphatic carbocycles. The summed E-state index contributed by atoms with van der Waals surface area (Å²) in [6.45, 7) is 2.00. The molecule has 0 radical (unpaired) electrons. The molecule has 1 N–H and O–H groups in total. The summed E-state index contributed by atoms with van der Waals surface area (Å²) in [5.74, 6) is -0.929. The molecule has 0 aliphatic rings. The SMILES string of the molecule is CCOC(=O)n1cc(CC(=O)O)c2ccccc21. The van der Waals surface area contributed by atoms with Crippen LogP contribution in [0.5, 0.6) is 0 Å². The lowest BCUT2D eigenvalue weighted by atomic mass is 10.1. The molecule has 0 atom stereocenters. The Bertz CT molecular complexity index is 600. The van der Waals surface area contributed by atoms with E-state index in [4.69, 9.17) is 9.84 Å². The van der Waals surface area contributed by atoms with Crippen LogP contribution in [0.4, 0.5) is 4.79 Å². The predicted molar refractivity (Wildman–Crippen MR) is 65.7 cm³/mol. The van der Waals surface area contributed by atoms with Crippen LogP contribution in [0.1, 0.15) is 12.5 Å². The molecular weight excluding hydrogens is 234 g/mol. The number of aromatic nitrogens is 1. The number of fused-ring (bicyclic) bond motifs is 1. The van der Waals surface area contributed by atoms with E-state index in [0.29, 0.717) is 11.1 Å². The van der Waals surface area contributed by atoms with Crippen molar-refractivity contribution in [3.8, 4) is 0 Å². The van der Waals surface area contributed by atoms with Gasteiger partial charge in [-0.1, -0.05) is 18.2 Å². The van der Waals surface area contributed by atoms with Gasteiger partial charge in [-0.2, -0.15) is 0 Å². The van der Waals surface area contributed by atoms with Crippen LogP contribution in [-0.2, 0) is 16.0 Å². The van der Waals surface area contributed by atoms with Gasteiger partial charge < -0.3 is 9.84 Å². The van der Waals surface area contributed by atoms with Gasteiger partial charge in [-0.05, 0) is 18.6 Å². The molecule has 5 nitrogen and oxygen atoms in total. The molecule has 2 rings (SSSR count). The van der Waals surface area contributed by atoms with E-state index in [9.17, 15) is 9.59 Å². The third-order valence-electron chi connectivity index (χ3n) is 2.60. The average molecular weight is 247 g/mol. The van der Waals surface area contributed by atoms with Gasteiger partial charge in [-0.25, -0.2) is 4.79 Å². The van der Waals surface area contributed by atoms with Gasteiger partial charge in [0, 0.05) is 11.6 Å². The monoisotopic (exact) mass is 247 g/mol. The zero-order chi connectivity index (χ0) is 13.1. The minimum Gasteiger partial charge on any atom is -0.481 e. The highest BCUT2D eigenvalue weighted by molar-refractivity contribution is 5.93. The number of hydrogen-bond acceptors (Lipinski definition) is 3. The summed E-state index contributed by atoms with van der Waals surface area (Å²) in [5.41, 5.74) is 1.26. The summed E-state index contributed by atoms with van der Waals surface area (Å²) in [6.07, 6.45) is 0.911. The van der Waals surface area contributed by atoms with Gasteiger partial charge in [0.2, 0.25) is 0 Å². The first-order valence-corrected chi connectivity index (χ1v) is 5.61. The first-order valence-electron chi connectivity index (χ1n) is 5.61. The molecule has 0 bridgehead atoms. The van der Waals surface area contributed by atoms with E-state index < -0.39 is 12.1 Å². The molecule has 1 aromatic heterocycles. The Morgan fingerprint density at radius 1 is 1.33 bits per heavy atom. The number of ether oxygens (including phenoxy) is 1. The first kappa shape index (κ1) is 12.2. The normalized spacial score (nSPS) is 10.5. The number of para-hydroxylation sites is 1. The number of nitrogens with zero attached hydrogens (tertiary/aromatic N) is 1. The molecule has 1 heterocycles. The fourth-order valence-electron chi connectivity index (χ4n) is 1.90. The molecular formula is C13H13NO4. The lowest BCUT2D eigenvalue weighted by molar-refractivity contribution is -0.136. The average Bonchev–Trinajstić information content (AvgIpc) is 2.68. The molecule has 18 heavy (non-hydrogen) atoms. The van der Waals surface area contributed by atoms with E-state index in [1.807, 2.05) is 6.07 Å². The molecule has 0 aliphatic heterocycles. The number of aliphatic carboxylic acids is 1. The Balaban J connectivity index is 2.53. The van der Waals surface area contributed by atoms with Crippen molar-refractivity contribution >= 4 is 23.0 Å². The highest BCUT2D eigenvalue weighted by atomic mass is 16.5. The Kier molecular flexibility index (Phi) is 3.32. The van der Waals surface area contributed by atoms with Crippen molar-refractivity contribution < 1.29 is 19.4 Å². The number of rotatable bonds is 3. The van der Waals surface area contributed by atoms with Crippen LogP contribution in [0, 0.1) is 0 Å². The van der Waals surface area contributed by atoms with Crippen molar-refractivity contribution in [2.75, 3.05) is 6.61 Å². The van der Waals surface area contributed by atoms with Crippen LogP contribution in [-0.4, -0.2) is 28.3 Å². The standard InChI is InChI=1S/C13H13NO4/c1-2-18-13(17)14-8-9(7-12(15)16)10-5-3-4-6-11(10)14/h3-6,8H,2,7H2,1H3,(H,15,16). The van der Waals surface area contributed by atoms with E-state index in [2.05, 4.69) is 0 Å². The smallest absolute Gasteiger partial charge is 0.418 e. The third kappa shape index (κ3) is 2.20. The second kappa shape index (κ2) is 4.91. The maximum absolute atomic E-state index is 11.8. The highest BCUT2D eigenvalue weighted by Gasteiger charge is 2.15. The molecule has 0 spiro atoms. The number of benzene rings is 1. The van der Waals surface area contributed by atoms with E-state index in [0.717, 1.165) is 5.39 Å². The van der Waals surface area contributed by atoms with Gasteiger partial charge in [-0.3, -0.25) is 9.36 Å². The predicted octanol–water partition coefficient (Wildman–Crippen LogP) is 2.27. The van der Waals surface area contributed by atoms with E-state index in [-0.39, 0.29) is 13.0 Å². The summed E-state index contributed by atoms with van der Waals surface area (Å²) in [7, 11) is 0. The molecule has 5 heteroatoms. The van der Waals surface area contributed by atoms with Crippen LogP contribution in [0.3, 0.4) is 0 Å². The summed E-state index contributed by atoms with van der Waals surface area (Å²) in [5, 5.41) is 9.61. The zero-order valence-electron chi connectivity index (χ0n) is 9.92. The first-order chi connectivity index (χ1) is 8.63. The third-order valence-corrected chi connectivity index (χ3v) is 2.60. The summed E-state index contributed by atoms with van der Waals surface area (Å²) in [6, 6.07) is 7.16. The topological polar surface area (TPSA) is 68.5 Å². The fourth-order valence-corrected chi connectivity index (χ4v) is 1.90. The maximum Gasteiger partial charge on any atom is 0.418 e. The van der Waals surface area contributed by atoms with Crippen molar-refractivity contribution in [1.29, 1.82) is 0 Å². The van der Waals surface area contributed by atoms with Crippen LogP contribution < -0.4 is 0 Å². The van der Waals surface area contributed by atoms with Gasteiger partial charge in [-0.15, -0.1) is 0 Å². The molecule has 0 fully saturated rings. The van der Waals surface area contributed by atoms with Crippen LogP contribution in [0.15, 0.2) is 30.5 Å². The number of carbonyl (C=O) groups is 2. The molecule has 0 saturated carbocycles. The number of carbonyl (C=O) groups excluding carboxylic acids is 1. The minimum absolute atomic E-state index is 0.118. The van der Waals surface area contributed by atoms with Crippen molar-refractivity contribution in [3.05, 3.63) is 36.0 Å².